The molecule has 1 aromatic carbocycles. The number of likely N-dealkylation sites (tertiary alicyclic amines) is 1. The first-order valence-electron chi connectivity index (χ1n) is 7.22. The minimum atomic E-state index is 0.0185. The first-order chi connectivity index (χ1) is 10.2. The van der Waals surface area contributed by atoms with Crippen molar-refractivity contribution in [1.29, 1.82) is 0 Å². The average Bonchev–Trinajstić information content (AvgIpc) is 2.90. The second kappa shape index (κ2) is 7.54. The zero-order valence-corrected chi connectivity index (χ0v) is 12.9. The third-order valence-corrected chi connectivity index (χ3v) is 3.75. The van der Waals surface area contributed by atoms with E-state index in [1.54, 1.807) is 14.2 Å². The first kappa shape index (κ1) is 15.9. The number of benzene rings is 1. The van der Waals surface area contributed by atoms with Gasteiger partial charge in [-0.1, -0.05) is 12.1 Å². The van der Waals surface area contributed by atoms with E-state index in [-0.39, 0.29) is 18.0 Å². The summed E-state index contributed by atoms with van der Waals surface area (Å²) in [7, 11) is 3.35. The van der Waals surface area contributed by atoms with Gasteiger partial charge in [0.1, 0.15) is 5.75 Å². The molecular formula is C16H23NO4. The number of para-hydroxylation sites is 1. The largest absolute Gasteiger partial charge is 0.493 e. The van der Waals surface area contributed by atoms with Gasteiger partial charge in [0.15, 0.2) is 5.78 Å². The van der Waals surface area contributed by atoms with E-state index in [4.69, 9.17) is 14.2 Å². The molecule has 0 radical (unpaired) electrons. The molecule has 2 unspecified atom stereocenters. The van der Waals surface area contributed by atoms with Crippen molar-refractivity contribution >= 4 is 5.78 Å². The Bertz CT molecular complexity index is 465. The van der Waals surface area contributed by atoms with Crippen LogP contribution in [0.4, 0.5) is 0 Å². The molecule has 0 aliphatic carbocycles. The van der Waals surface area contributed by atoms with Gasteiger partial charge in [-0.15, -0.1) is 0 Å². The van der Waals surface area contributed by atoms with Crippen LogP contribution in [-0.4, -0.2) is 63.4 Å². The van der Waals surface area contributed by atoms with E-state index in [9.17, 15) is 4.79 Å². The van der Waals surface area contributed by atoms with Gasteiger partial charge in [-0.25, -0.2) is 0 Å². The molecule has 116 valence electrons. The molecule has 0 aromatic heterocycles. The lowest BCUT2D eigenvalue weighted by Crippen LogP contribution is -2.29. The van der Waals surface area contributed by atoms with Crippen molar-refractivity contribution in [2.45, 2.75) is 19.1 Å². The summed E-state index contributed by atoms with van der Waals surface area (Å²) in [4.78, 5) is 14.5. The topological polar surface area (TPSA) is 48.0 Å². The van der Waals surface area contributed by atoms with E-state index < -0.39 is 0 Å². The molecule has 1 aliphatic rings. The molecular weight excluding hydrogens is 270 g/mol. The molecule has 2 rings (SSSR count). The number of carbonyl (C=O) groups is 1. The normalized spacial score (nSPS) is 22.4. The van der Waals surface area contributed by atoms with Crippen molar-refractivity contribution in [2.75, 3.05) is 40.5 Å². The molecule has 0 amide bonds. The van der Waals surface area contributed by atoms with Crippen LogP contribution in [0.25, 0.3) is 0 Å². The fourth-order valence-electron chi connectivity index (χ4n) is 2.67. The Hall–Kier alpha value is -1.43. The molecule has 1 aromatic rings. The van der Waals surface area contributed by atoms with E-state index in [2.05, 4.69) is 4.90 Å². The molecule has 2 atom stereocenters. The number of carbonyl (C=O) groups excluding carboxylic acids is 1. The van der Waals surface area contributed by atoms with Crippen molar-refractivity contribution in [1.82, 2.24) is 4.90 Å². The van der Waals surface area contributed by atoms with E-state index >= 15 is 0 Å². The summed E-state index contributed by atoms with van der Waals surface area (Å²) in [5, 5.41) is 0. The van der Waals surface area contributed by atoms with E-state index in [1.165, 1.54) is 0 Å². The number of ketones is 1. The van der Waals surface area contributed by atoms with Crippen LogP contribution >= 0.6 is 0 Å². The summed E-state index contributed by atoms with van der Waals surface area (Å²) in [6.45, 7) is 4.22. The zero-order chi connectivity index (χ0) is 15.2. The highest BCUT2D eigenvalue weighted by atomic mass is 16.5. The lowest BCUT2D eigenvalue weighted by Gasteiger charge is -2.15. The maximum Gasteiger partial charge on any atom is 0.180 e. The van der Waals surface area contributed by atoms with Crippen LogP contribution in [0.1, 0.15) is 17.3 Å². The molecule has 0 N–H and O–H groups in total. The Labute approximate surface area is 125 Å². The molecule has 0 spiro atoms. The highest BCUT2D eigenvalue weighted by Gasteiger charge is 2.34. The second-order valence-corrected chi connectivity index (χ2v) is 5.09. The van der Waals surface area contributed by atoms with Crippen molar-refractivity contribution in [3.8, 4) is 5.75 Å². The molecule has 1 saturated heterocycles. The predicted molar refractivity (Wildman–Crippen MR) is 80.0 cm³/mol. The van der Waals surface area contributed by atoms with Crippen LogP contribution in [0.2, 0.25) is 0 Å². The van der Waals surface area contributed by atoms with Gasteiger partial charge in [0.2, 0.25) is 0 Å². The molecule has 5 heteroatoms. The van der Waals surface area contributed by atoms with Gasteiger partial charge in [-0.2, -0.15) is 0 Å². The number of methoxy groups -OCH3 is 2. The van der Waals surface area contributed by atoms with Crippen LogP contribution in [0.3, 0.4) is 0 Å². The second-order valence-electron chi connectivity index (χ2n) is 5.09. The molecule has 0 bridgehead atoms. The van der Waals surface area contributed by atoms with Gasteiger partial charge in [0, 0.05) is 27.3 Å². The van der Waals surface area contributed by atoms with Crippen molar-refractivity contribution in [3.05, 3.63) is 29.8 Å². The number of hydrogen-bond acceptors (Lipinski definition) is 5. The first-order valence-corrected chi connectivity index (χ1v) is 7.22. The smallest absolute Gasteiger partial charge is 0.180 e. The average molecular weight is 293 g/mol. The monoisotopic (exact) mass is 293 g/mol. The summed E-state index contributed by atoms with van der Waals surface area (Å²) in [6.07, 6.45) is 0.0369. The Kier molecular flexibility index (Phi) is 5.73. The van der Waals surface area contributed by atoms with Crippen LogP contribution in [0.15, 0.2) is 24.3 Å². The Morgan fingerprint density at radius 1 is 1.19 bits per heavy atom. The molecule has 5 nitrogen and oxygen atoms in total. The lowest BCUT2D eigenvalue weighted by molar-refractivity contribution is -0.00461. The summed E-state index contributed by atoms with van der Waals surface area (Å²) in [6, 6.07) is 7.37. The molecule has 1 aliphatic heterocycles. The summed E-state index contributed by atoms with van der Waals surface area (Å²) in [5.41, 5.74) is 0.634. The van der Waals surface area contributed by atoms with Crippen LogP contribution in [0.5, 0.6) is 5.75 Å². The van der Waals surface area contributed by atoms with Crippen molar-refractivity contribution < 1.29 is 19.0 Å². The van der Waals surface area contributed by atoms with E-state index in [0.29, 0.717) is 37.6 Å². The van der Waals surface area contributed by atoms with E-state index in [0.717, 1.165) is 0 Å². The quantitative estimate of drug-likeness (QED) is 0.715. The third-order valence-electron chi connectivity index (χ3n) is 3.75. The molecule has 0 saturated carbocycles. The van der Waals surface area contributed by atoms with Crippen LogP contribution < -0.4 is 4.74 Å². The lowest BCUT2D eigenvalue weighted by atomic mass is 10.1. The molecule has 1 heterocycles. The molecule has 21 heavy (non-hydrogen) atoms. The summed E-state index contributed by atoms with van der Waals surface area (Å²) < 4.78 is 16.3. The van der Waals surface area contributed by atoms with Crippen molar-refractivity contribution in [2.24, 2.45) is 0 Å². The minimum absolute atomic E-state index is 0.0185. The Balaban J connectivity index is 2.02. The Morgan fingerprint density at radius 2 is 1.81 bits per heavy atom. The maximum absolute atomic E-state index is 12.5. The highest BCUT2D eigenvalue weighted by molar-refractivity contribution is 6.00. The fraction of sp³-hybridized carbons (Fsp3) is 0.562. The van der Waals surface area contributed by atoms with E-state index in [1.807, 2.05) is 31.2 Å². The summed E-state index contributed by atoms with van der Waals surface area (Å²) in [5.74, 6) is 0.710. The van der Waals surface area contributed by atoms with Gasteiger partial charge in [0.05, 0.1) is 30.9 Å². The van der Waals surface area contributed by atoms with Gasteiger partial charge >= 0.3 is 0 Å². The summed E-state index contributed by atoms with van der Waals surface area (Å²) >= 11 is 0. The number of nitrogens with zero attached hydrogens (tertiary/aromatic N) is 1. The van der Waals surface area contributed by atoms with Crippen LogP contribution in [-0.2, 0) is 9.47 Å². The van der Waals surface area contributed by atoms with Gasteiger partial charge in [0.25, 0.3) is 0 Å². The number of rotatable bonds is 7. The van der Waals surface area contributed by atoms with Crippen LogP contribution in [0, 0.1) is 0 Å². The van der Waals surface area contributed by atoms with Gasteiger partial charge in [-0.05, 0) is 19.1 Å². The predicted octanol–water partition coefficient (Wildman–Crippen LogP) is 1.61. The number of Topliss-reactive ketones (excluding diaryl/α,β-unsaturated/α-hetero) is 1. The Morgan fingerprint density at radius 3 is 2.38 bits per heavy atom. The SMILES string of the molecule is CCOc1ccccc1C(=O)CN1CC(OC)C(OC)C1. The van der Waals surface area contributed by atoms with Crippen molar-refractivity contribution in [3.63, 3.8) is 0 Å². The number of hydrogen-bond donors (Lipinski definition) is 0. The maximum atomic E-state index is 12.5. The highest BCUT2D eigenvalue weighted by Crippen LogP contribution is 2.21. The third kappa shape index (κ3) is 3.81. The number of ether oxygens (including phenoxy) is 3. The zero-order valence-electron chi connectivity index (χ0n) is 12.9. The van der Waals surface area contributed by atoms with Gasteiger partial charge < -0.3 is 14.2 Å². The molecule has 1 fully saturated rings. The minimum Gasteiger partial charge on any atom is -0.493 e. The fourth-order valence-corrected chi connectivity index (χ4v) is 2.67. The standard InChI is InChI=1S/C16H23NO4/c1-4-21-14-8-6-5-7-12(14)13(18)9-17-10-15(19-2)16(11-17)20-3/h5-8,15-16H,4,9-11H2,1-3H3. The van der Waals surface area contributed by atoms with Gasteiger partial charge in [-0.3, -0.25) is 9.69 Å².